The highest BCUT2D eigenvalue weighted by molar-refractivity contribution is 7.08. The molecule has 1 saturated carbocycles. The zero-order chi connectivity index (χ0) is 17.9. The molecule has 1 unspecified atom stereocenters. The fourth-order valence-corrected chi connectivity index (χ4v) is 4.24. The van der Waals surface area contributed by atoms with E-state index in [-0.39, 0.29) is 12.6 Å². The second-order valence-electron chi connectivity index (χ2n) is 7.09. The maximum atomic E-state index is 12.7. The number of carbonyl (C=O) groups is 1. The standard InChI is InChI=1S/C18H23N5OS/c1-13-4-6-15(7-5-13)18(2,16-10-23(12-19-3)22-21-16)20-17(24)14-8-9-25-11-14/h3,8-11,13,15H,4-7,12H2,1-2H3/p+1. The van der Waals surface area contributed by atoms with Gasteiger partial charge in [-0.25, -0.2) is 0 Å². The predicted molar refractivity (Wildman–Crippen MR) is 98.6 cm³/mol. The molecule has 1 amide bonds. The molecule has 6 nitrogen and oxygen atoms in total. The van der Waals surface area contributed by atoms with Gasteiger partial charge in [0.25, 0.3) is 12.5 Å². The van der Waals surface area contributed by atoms with E-state index in [9.17, 15) is 4.79 Å². The van der Waals surface area contributed by atoms with Crippen molar-refractivity contribution in [3.8, 4) is 6.57 Å². The summed E-state index contributed by atoms with van der Waals surface area (Å²) in [5.41, 5.74) is 0.885. The number of nitrogens with one attached hydrogen (secondary N) is 1. The zero-order valence-electron chi connectivity index (χ0n) is 14.7. The lowest BCUT2D eigenvalue weighted by atomic mass is 9.71. The third-order valence-corrected chi connectivity index (χ3v) is 5.97. The van der Waals surface area contributed by atoms with E-state index < -0.39 is 5.54 Å². The average Bonchev–Trinajstić information content (AvgIpc) is 3.27. The number of carbonyl (C=O) groups excluding carboxylic acids is 1. The molecule has 0 radical (unpaired) electrons. The number of hydrogen-bond donors (Lipinski definition) is 1. The van der Waals surface area contributed by atoms with Crippen LogP contribution in [0.4, 0.5) is 0 Å². The predicted octanol–water partition coefficient (Wildman–Crippen LogP) is 3.73. The molecule has 1 aliphatic carbocycles. The van der Waals surface area contributed by atoms with Crippen LogP contribution in [0.2, 0.25) is 0 Å². The van der Waals surface area contributed by atoms with E-state index in [1.807, 2.05) is 23.0 Å². The zero-order valence-corrected chi connectivity index (χ0v) is 15.5. The van der Waals surface area contributed by atoms with Gasteiger partial charge in [0.1, 0.15) is 5.69 Å². The van der Waals surface area contributed by atoms with Crippen molar-refractivity contribution < 1.29 is 4.79 Å². The Morgan fingerprint density at radius 2 is 2.24 bits per heavy atom. The lowest BCUT2D eigenvalue weighted by Gasteiger charge is -2.40. The van der Waals surface area contributed by atoms with Gasteiger partial charge in [-0.1, -0.05) is 29.8 Å². The number of nitrogens with zero attached hydrogens (tertiary/aromatic N) is 4. The number of rotatable bonds is 5. The first-order chi connectivity index (χ1) is 12.0. The van der Waals surface area contributed by atoms with Crippen LogP contribution in [0, 0.1) is 18.4 Å². The summed E-state index contributed by atoms with van der Waals surface area (Å²) in [6.45, 7) is 9.85. The van der Waals surface area contributed by atoms with Crippen molar-refractivity contribution in [3.63, 3.8) is 0 Å². The summed E-state index contributed by atoms with van der Waals surface area (Å²) >= 11 is 1.52. The second-order valence-corrected chi connectivity index (χ2v) is 7.87. The van der Waals surface area contributed by atoms with Gasteiger partial charge < -0.3 is 5.32 Å². The number of hydrogen-bond acceptors (Lipinski definition) is 4. The first-order valence-electron chi connectivity index (χ1n) is 8.65. The van der Waals surface area contributed by atoms with Crippen LogP contribution >= 0.6 is 11.3 Å². The molecule has 1 atom stereocenters. The van der Waals surface area contributed by atoms with Crippen LogP contribution in [-0.2, 0) is 12.2 Å². The average molecular weight is 358 g/mol. The van der Waals surface area contributed by atoms with Gasteiger partial charge in [-0.05, 0) is 43.0 Å². The lowest BCUT2D eigenvalue weighted by molar-refractivity contribution is 0.0813. The van der Waals surface area contributed by atoms with Gasteiger partial charge in [-0.15, -0.1) is 5.10 Å². The maximum Gasteiger partial charge on any atom is 0.357 e. The Hall–Kier alpha value is -2.20. The van der Waals surface area contributed by atoms with Crippen LogP contribution in [0.5, 0.6) is 0 Å². The molecule has 0 spiro atoms. The van der Waals surface area contributed by atoms with Crippen LogP contribution in [0.3, 0.4) is 0 Å². The third kappa shape index (κ3) is 3.74. The summed E-state index contributed by atoms with van der Waals surface area (Å²) in [7, 11) is 0. The van der Waals surface area contributed by atoms with Gasteiger partial charge in [0, 0.05) is 5.38 Å². The van der Waals surface area contributed by atoms with E-state index in [4.69, 9.17) is 6.57 Å². The topological polar surface area (TPSA) is 64.2 Å². The van der Waals surface area contributed by atoms with Crippen molar-refractivity contribution >= 4 is 17.2 Å². The molecule has 0 saturated heterocycles. The van der Waals surface area contributed by atoms with E-state index in [0.29, 0.717) is 11.5 Å². The van der Waals surface area contributed by atoms with Gasteiger partial charge in [-0.3, -0.25) is 4.79 Å². The van der Waals surface area contributed by atoms with Crippen LogP contribution < -0.4 is 5.32 Å². The minimum absolute atomic E-state index is 0.0690. The highest BCUT2D eigenvalue weighted by Gasteiger charge is 2.41. The SMILES string of the molecule is C#[N+]Cn1cc(C(C)(NC(=O)c2ccsc2)C2CCC(C)CC2)nn1. The molecule has 2 aromatic rings. The van der Waals surface area contributed by atoms with Crippen molar-refractivity contribution in [2.45, 2.75) is 51.7 Å². The Morgan fingerprint density at radius 1 is 1.48 bits per heavy atom. The summed E-state index contributed by atoms with van der Waals surface area (Å²) in [6, 6.07) is 1.84. The number of amides is 1. The monoisotopic (exact) mass is 358 g/mol. The van der Waals surface area contributed by atoms with Crippen molar-refractivity contribution in [3.05, 3.63) is 39.1 Å². The minimum atomic E-state index is -0.563. The summed E-state index contributed by atoms with van der Waals surface area (Å²) in [5, 5.41) is 15.4. The lowest BCUT2D eigenvalue weighted by Crippen LogP contribution is -2.50. The first kappa shape index (κ1) is 17.6. The Bertz CT molecular complexity index is 755. The Balaban J connectivity index is 1.89. The Labute approximate surface area is 152 Å². The van der Waals surface area contributed by atoms with Crippen LogP contribution in [-0.4, -0.2) is 20.9 Å². The van der Waals surface area contributed by atoms with Gasteiger partial charge >= 0.3 is 6.67 Å². The summed E-state index contributed by atoms with van der Waals surface area (Å²) in [4.78, 5) is 16.3. The molecule has 7 heteroatoms. The maximum absolute atomic E-state index is 12.7. The minimum Gasteiger partial charge on any atom is -0.341 e. The van der Waals surface area contributed by atoms with Crippen molar-refractivity contribution in [2.75, 3.05) is 0 Å². The summed E-state index contributed by atoms with van der Waals surface area (Å²) in [6.07, 6.45) is 6.30. The van der Waals surface area contributed by atoms with Crippen molar-refractivity contribution in [1.29, 1.82) is 0 Å². The van der Waals surface area contributed by atoms with Crippen molar-refractivity contribution in [1.82, 2.24) is 20.3 Å². The molecular weight excluding hydrogens is 334 g/mol. The molecule has 2 heterocycles. The van der Waals surface area contributed by atoms with Gasteiger partial charge in [0.15, 0.2) is 0 Å². The molecular formula is C18H24N5OS+. The van der Waals surface area contributed by atoms with Gasteiger partial charge in [-0.2, -0.15) is 16.0 Å². The van der Waals surface area contributed by atoms with Crippen molar-refractivity contribution in [2.24, 2.45) is 11.8 Å². The highest BCUT2D eigenvalue weighted by atomic mass is 32.1. The normalized spacial score (nSPS) is 22.8. The fraction of sp³-hybridized carbons (Fsp3) is 0.556. The Kier molecular flexibility index (Phi) is 5.19. The molecule has 0 aliphatic heterocycles. The first-order valence-corrected chi connectivity index (χ1v) is 9.59. The van der Waals surface area contributed by atoms with E-state index in [2.05, 4.69) is 34.3 Å². The molecule has 1 N–H and O–H groups in total. The molecule has 1 aliphatic rings. The molecule has 0 aromatic carbocycles. The number of aromatic nitrogens is 3. The molecule has 132 valence electrons. The van der Waals surface area contributed by atoms with E-state index in [0.717, 1.165) is 24.5 Å². The largest absolute Gasteiger partial charge is 0.357 e. The van der Waals surface area contributed by atoms with E-state index >= 15 is 0 Å². The molecule has 0 bridgehead atoms. The smallest absolute Gasteiger partial charge is 0.341 e. The Morgan fingerprint density at radius 3 is 2.88 bits per heavy atom. The van der Waals surface area contributed by atoms with Gasteiger partial charge in [0.2, 0.25) is 0 Å². The third-order valence-electron chi connectivity index (χ3n) is 5.29. The van der Waals surface area contributed by atoms with Crippen LogP contribution in [0.25, 0.3) is 4.85 Å². The quantitative estimate of drug-likeness (QED) is 0.886. The van der Waals surface area contributed by atoms with E-state index in [1.54, 1.807) is 4.68 Å². The molecule has 1 fully saturated rings. The fourth-order valence-electron chi connectivity index (χ4n) is 3.60. The van der Waals surface area contributed by atoms with Crippen LogP contribution in [0.1, 0.15) is 55.6 Å². The molecule has 3 rings (SSSR count). The van der Waals surface area contributed by atoms with Gasteiger partial charge in [0.05, 0.1) is 17.3 Å². The summed E-state index contributed by atoms with van der Waals surface area (Å²) in [5.74, 6) is 0.992. The number of thiophene rings is 1. The highest BCUT2D eigenvalue weighted by Crippen LogP contribution is 2.40. The summed E-state index contributed by atoms with van der Waals surface area (Å²) < 4.78 is 1.59. The van der Waals surface area contributed by atoms with Crippen LogP contribution in [0.15, 0.2) is 23.0 Å². The van der Waals surface area contributed by atoms with E-state index in [1.165, 1.54) is 24.2 Å². The second kappa shape index (κ2) is 7.36. The molecule has 2 aromatic heterocycles. The molecule has 25 heavy (non-hydrogen) atoms.